The first-order valence-corrected chi connectivity index (χ1v) is 7.70. The molecule has 5 nitrogen and oxygen atoms in total. The summed E-state index contributed by atoms with van der Waals surface area (Å²) in [6.07, 6.45) is 0. The van der Waals surface area contributed by atoms with Crippen molar-refractivity contribution in [3.05, 3.63) is 58.6 Å². The minimum absolute atomic E-state index is 0.288. The Bertz CT molecular complexity index is 701. The predicted octanol–water partition coefficient (Wildman–Crippen LogP) is 2.93. The van der Waals surface area contributed by atoms with Crippen LogP contribution in [0.3, 0.4) is 0 Å². The van der Waals surface area contributed by atoms with E-state index >= 15 is 0 Å². The van der Waals surface area contributed by atoms with Crippen LogP contribution in [-0.2, 0) is 13.1 Å². The molecule has 3 rings (SSSR count). The maximum absolute atomic E-state index is 5.88. The van der Waals surface area contributed by atoms with Crippen LogP contribution in [0.4, 0.5) is 0 Å². The molecule has 0 saturated heterocycles. The van der Waals surface area contributed by atoms with Crippen LogP contribution in [0.5, 0.6) is 11.5 Å². The number of halogens is 1. The van der Waals surface area contributed by atoms with Gasteiger partial charge in [0.2, 0.25) is 6.79 Å². The summed E-state index contributed by atoms with van der Waals surface area (Å²) in [5, 5.41) is 7.28. The van der Waals surface area contributed by atoms with E-state index in [-0.39, 0.29) is 6.79 Å². The van der Waals surface area contributed by atoms with Crippen molar-refractivity contribution in [3.63, 3.8) is 0 Å². The third-order valence-corrected chi connectivity index (χ3v) is 3.75. The molecule has 0 aliphatic carbocycles. The van der Waals surface area contributed by atoms with E-state index in [1.54, 1.807) is 7.05 Å². The Balaban J connectivity index is 1.52. The summed E-state index contributed by atoms with van der Waals surface area (Å²) < 4.78 is 10.7. The topological polar surface area (TPSA) is 54.9 Å². The van der Waals surface area contributed by atoms with Gasteiger partial charge in [-0.15, -0.1) is 0 Å². The van der Waals surface area contributed by atoms with E-state index < -0.39 is 0 Å². The number of nitrogens with zero attached hydrogens (tertiary/aromatic N) is 1. The molecule has 2 N–H and O–H groups in total. The molecule has 0 spiro atoms. The molecule has 0 saturated carbocycles. The second kappa shape index (κ2) is 7.24. The number of fused-ring (bicyclic) bond motifs is 1. The van der Waals surface area contributed by atoms with Gasteiger partial charge in [0.05, 0.1) is 0 Å². The summed E-state index contributed by atoms with van der Waals surface area (Å²) in [5.41, 5.74) is 2.24. The zero-order valence-electron chi connectivity index (χ0n) is 12.8. The number of ether oxygens (including phenoxy) is 2. The molecule has 120 valence electrons. The van der Waals surface area contributed by atoms with E-state index in [4.69, 9.17) is 21.1 Å². The molecule has 1 aliphatic rings. The largest absolute Gasteiger partial charge is 0.454 e. The highest BCUT2D eigenvalue weighted by atomic mass is 35.5. The predicted molar refractivity (Wildman–Crippen MR) is 91.1 cm³/mol. The Morgan fingerprint density at radius 3 is 2.39 bits per heavy atom. The molecule has 0 bridgehead atoms. The van der Waals surface area contributed by atoms with E-state index in [9.17, 15) is 0 Å². The summed E-state index contributed by atoms with van der Waals surface area (Å²) in [7, 11) is 1.75. The number of guanidine groups is 1. The smallest absolute Gasteiger partial charge is 0.231 e. The highest BCUT2D eigenvalue weighted by Crippen LogP contribution is 2.32. The monoisotopic (exact) mass is 331 g/mol. The average molecular weight is 332 g/mol. The van der Waals surface area contributed by atoms with Crippen molar-refractivity contribution >= 4 is 17.6 Å². The molecule has 2 aromatic carbocycles. The number of aliphatic imine (C=N–C) groups is 1. The van der Waals surface area contributed by atoms with Gasteiger partial charge in [0.1, 0.15) is 0 Å². The van der Waals surface area contributed by atoms with Crippen molar-refractivity contribution < 1.29 is 9.47 Å². The molecular formula is C17H18ClN3O2. The number of hydrogen-bond acceptors (Lipinski definition) is 3. The molecule has 23 heavy (non-hydrogen) atoms. The molecule has 0 atom stereocenters. The zero-order chi connectivity index (χ0) is 16.1. The second-order valence-electron chi connectivity index (χ2n) is 5.09. The molecule has 0 unspecified atom stereocenters. The van der Waals surface area contributed by atoms with Crippen LogP contribution in [0.15, 0.2) is 47.5 Å². The van der Waals surface area contributed by atoms with Crippen molar-refractivity contribution in [3.8, 4) is 11.5 Å². The minimum Gasteiger partial charge on any atom is -0.454 e. The first-order chi connectivity index (χ1) is 11.2. The number of nitrogens with one attached hydrogen (secondary N) is 2. The quantitative estimate of drug-likeness (QED) is 0.668. The molecule has 0 radical (unpaired) electrons. The lowest BCUT2D eigenvalue weighted by Crippen LogP contribution is -2.36. The van der Waals surface area contributed by atoms with Gasteiger partial charge < -0.3 is 20.1 Å². The van der Waals surface area contributed by atoms with E-state index in [0.717, 1.165) is 33.6 Å². The van der Waals surface area contributed by atoms with Crippen LogP contribution < -0.4 is 20.1 Å². The summed E-state index contributed by atoms with van der Waals surface area (Å²) in [6, 6.07) is 13.6. The molecule has 0 aromatic heterocycles. The lowest BCUT2D eigenvalue weighted by molar-refractivity contribution is 0.174. The van der Waals surface area contributed by atoms with Crippen LogP contribution in [0, 0.1) is 0 Å². The van der Waals surface area contributed by atoms with E-state index in [1.165, 1.54) is 0 Å². The molecule has 0 fully saturated rings. The minimum atomic E-state index is 0.288. The first-order valence-electron chi connectivity index (χ1n) is 7.32. The summed E-state index contributed by atoms with van der Waals surface area (Å²) in [5.74, 6) is 2.31. The van der Waals surface area contributed by atoms with Gasteiger partial charge in [-0.25, -0.2) is 0 Å². The van der Waals surface area contributed by atoms with Gasteiger partial charge in [0.15, 0.2) is 17.5 Å². The highest BCUT2D eigenvalue weighted by molar-refractivity contribution is 6.30. The third kappa shape index (κ3) is 4.07. The van der Waals surface area contributed by atoms with E-state index in [0.29, 0.717) is 13.1 Å². The third-order valence-electron chi connectivity index (χ3n) is 3.49. The fraction of sp³-hybridized carbons (Fsp3) is 0.235. The molecular weight excluding hydrogens is 314 g/mol. The Labute approximate surface area is 140 Å². The van der Waals surface area contributed by atoms with Crippen molar-refractivity contribution in [2.24, 2.45) is 4.99 Å². The van der Waals surface area contributed by atoms with Crippen molar-refractivity contribution in [2.45, 2.75) is 13.1 Å². The van der Waals surface area contributed by atoms with Crippen LogP contribution >= 0.6 is 11.6 Å². The van der Waals surface area contributed by atoms with Crippen molar-refractivity contribution in [2.75, 3.05) is 13.8 Å². The molecule has 6 heteroatoms. The Morgan fingerprint density at radius 1 is 1.00 bits per heavy atom. The summed E-state index contributed by atoms with van der Waals surface area (Å²) >= 11 is 5.88. The Hall–Kier alpha value is -2.40. The van der Waals surface area contributed by atoms with Crippen LogP contribution in [0.2, 0.25) is 5.02 Å². The van der Waals surface area contributed by atoms with Gasteiger partial charge in [-0.3, -0.25) is 4.99 Å². The van der Waals surface area contributed by atoms with Gasteiger partial charge in [-0.1, -0.05) is 29.8 Å². The Kier molecular flexibility index (Phi) is 4.88. The summed E-state index contributed by atoms with van der Waals surface area (Å²) in [6.45, 7) is 1.62. The average Bonchev–Trinajstić information content (AvgIpc) is 3.04. The molecule has 1 heterocycles. The number of hydrogen-bond donors (Lipinski definition) is 2. The Morgan fingerprint density at radius 2 is 1.65 bits per heavy atom. The lowest BCUT2D eigenvalue weighted by atomic mass is 10.2. The van der Waals surface area contributed by atoms with Crippen LogP contribution in [0.25, 0.3) is 0 Å². The van der Waals surface area contributed by atoms with Crippen molar-refractivity contribution in [1.82, 2.24) is 10.6 Å². The van der Waals surface area contributed by atoms with Crippen LogP contribution in [0.1, 0.15) is 11.1 Å². The first kappa shape index (κ1) is 15.5. The normalized spacial score (nSPS) is 13.0. The second-order valence-corrected chi connectivity index (χ2v) is 5.53. The summed E-state index contributed by atoms with van der Waals surface area (Å²) in [4.78, 5) is 4.22. The highest BCUT2D eigenvalue weighted by Gasteiger charge is 2.13. The fourth-order valence-corrected chi connectivity index (χ4v) is 2.37. The maximum Gasteiger partial charge on any atom is 0.231 e. The standard InChI is InChI=1S/C17H18ClN3O2/c1-19-17(20-9-12-2-5-14(18)6-3-12)21-10-13-4-7-15-16(8-13)23-11-22-15/h2-8H,9-11H2,1H3,(H2,19,20,21). The number of rotatable bonds is 4. The lowest BCUT2D eigenvalue weighted by Gasteiger charge is -2.12. The van der Waals surface area contributed by atoms with E-state index in [1.807, 2.05) is 42.5 Å². The van der Waals surface area contributed by atoms with Crippen molar-refractivity contribution in [1.29, 1.82) is 0 Å². The zero-order valence-corrected chi connectivity index (χ0v) is 13.6. The van der Waals surface area contributed by atoms with Gasteiger partial charge >= 0.3 is 0 Å². The van der Waals surface area contributed by atoms with Crippen LogP contribution in [-0.4, -0.2) is 19.8 Å². The maximum atomic E-state index is 5.88. The molecule has 2 aromatic rings. The van der Waals surface area contributed by atoms with Gasteiger partial charge in [-0.05, 0) is 35.4 Å². The number of benzene rings is 2. The van der Waals surface area contributed by atoms with E-state index in [2.05, 4.69) is 15.6 Å². The fourth-order valence-electron chi connectivity index (χ4n) is 2.25. The SMILES string of the molecule is CN=C(NCc1ccc(Cl)cc1)NCc1ccc2c(c1)OCO2. The van der Waals surface area contributed by atoms with Gasteiger partial charge in [0.25, 0.3) is 0 Å². The van der Waals surface area contributed by atoms with Gasteiger partial charge in [0, 0.05) is 25.2 Å². The molecule has 1 aliphatic heterocycles. The molecule has 0 amide bonds. The van der Waals surface area contributed by atoms with Gasteiger partial charge in [-0.2, -0.15) is 0 Å².